The highest BCUT2D eigenvalue weighted by Gasteiger charge is 2.29. The van der Waals surface area contributed by atoms with Crippen LogP contribution in [0.1, 0.15) is 50.2 Å². The van der Waals surface area contributed by atoms with Gasteiger partial charge in [0.1, 0.15) is 11.6 Å². The number of hydrogen-bond acceptors (Lipinski definition) is 5. The van der Waals surface area contributed by atoms with E-state index in [1.54, 1.807) is 12.4 Å². The molecule has 1 aliphatic heterocycles. The Balaban J connectivity index is 1.68. The van der Waals surface area contributed by atoms with E-state index in [1.807, 2.05) is 24.5 Å². The molecular formula is C19H22N6. The standard InChI is InChI=1S/C19H22N6/c1-14(2)18-20-11-13-25(18)17-8-3-6-15(23-17)16-7-4-12-24(16)19-21-9-5-10-22-19/h3,5-6,8-11,13-14,16H,4,7,12H2,1-2H3/t16-/m0/s1. The lowest BCUT2D eigenvalue weighted by Crippen LogP contribution is -2.25. The largest absolute Gasteiger partial charge is 0.332 e. The number of pyridine rings is 1. The summed E-state index contributed by atoms with van der Waals surface area (Å²) in [5.74, 6) is 3.07. The zero-order valence-electron chi connectivity index (χ0n) is 14.6. The van der Waals surface area contributed by atoms with Gasteiger partial charge in [0.05, 0.1) is 11.7 Å². The van der Waals surface area contributed by atoms with Crippen LogP contribution in [0.25, 0.3) is 5.82 Å². The topological polar surface area (TPSA) is 59.7 Å². The zero-order valence-corrected chi connectivity index (χ0v) is 14.6. The first-order valence-corrected chi connectivity index (χ1v) is 8.78. The van der Waals surface area contributed by atoms with Gasteiger partial charge in [-0.2, -0.15) is 0 Å². The SMILES string of the molecule is CC(C)c1nccn1-c1cccc([C@@H]2CCCN2c2ncccn2)n1. The summed E-state index contributed by atoms with van der Waals surface area (Å²) in [6.07, 6.45) is 9.59. The number of imidazole rings is 1. The third-order valence-corrected chi connectivity index (χ3v) is 4.59. The van der Waals surface area contributed by atoms with E-state index in [-0.39, 0.29) is 6.04 Å². The van der Waals surface area contributed by atoms with Gasteiger partial charge < -0.3 is 4.90 Å². The Hall–Kier alpha value is -2.76. The summed E-state index contributed by atoms with van der Waals surface area (Å²) < 4.78 is 2.08. The maximum absolute atomic E-state index is 4.94. The van der Waals surface area contributed by atoms with E-state index < -0.39 is 0 Å². The summed E-state index contributed by atoms with van der Waals surface area (Å²) in [4.78, 5) is 20.5. The Kier molecular flexibility index (Phi) is 4.17. The highest BCUT2D eigenvalue weighted by Crippen LogP contribution is 2.33. The minimum absolute atomic E-state index is 0.216. The van der Waals surface area contributed by atoms with Gasteiger partial charge in [0.15, 0.2) is 0 Å². The first-order chi connectivity index (χ1) is 12.2. The lowest BCUT2D eigenvalue weighted by molar-refractivity contribution is 0.672. The summed E-state index contributed by atoms with van der Waals surface area (Å²) in [5, 5.41) is 0. The summed E-state index contributed by atoms with van der Waals surface area (Å²) >= 11 is 0. The van der Waals surface area contributed by atoms with Crippen LogP contribution in [-0.4, -0.2) is 31.0 Å². The highest BCUT2D eigenvalue weighted by molar-refractivity contribution is 5.37. The third kappa shape index (κ3) is 2.99. The molecule has 4 heterocycles. The van der Waals surface area contributed by atoms with Gasteiger partial charge >= 0.3 is 0 Å². The molecule has 0 unspecified atom stereocenters. The summed E-state index contributed by atoms with van der Waals surface area (Å²) in [7, 11) is 0. The molecule has 0 amide bonds. The maximum Gasteiger partial charge on any atom is 0.225 e. The van der Waals surface area contributed by atoms with Crippen LogP contribution in [0.4, 0.5) is 5.95 Å². The fourth-order valence-corrected chi connectivity index (χ4v) is 3.45. The van der Waals surface area contributed by atoms with Crippen molar-refractivity contribution in [2.75, 3.05) is 11.4 Å². The molecule has 3 aromatic rings. The van der Waals surface area contributed by atoms with E-state index in [9.17, 15) is 0 Å². The van der Waals surface area contributed by atoms with Crippen LogP contribution in [-0.2, 0) is 0 Å². The van der Waals surface area contributed by atoms with E-state index in [1.165, 1.54) is 0 Å². The maximum atomic E-state index is 4.94. The minimum Gasteiger partial charge on any atom is -0.332 e. The predicted octanol–water partition coefficient (Wildman–Crippen LogP) is 3.52. The van der Waals surface area contributed by atoms with Gasteiger partial charge in [0.25, 0.3) is 0 Å². The van der Waals surface area contributed by atoms with Crippen LogP contribution in [0.5, 0.6) is 0 Å². The molecule has 0 aromatic carbocycles. The Morgan fingerprint density at radius 1 is 1.04 bits per heavy atom. The average Bonchev–Trinajstić information content (AvgIpc) is 3.32. The molecule has 3 aromatic heterocycles. The van der Waals surface area contributed by atoms with Crippen molar-refractivity contribution in [2.45, 2.75) is 38.6 Å². The Morgan fingerprint density at radius 2 is 1.88 bits per heavy atom. The fourth-order valence-electron chi connectivity index (χ4n) is 3.45. The van der Waals surface area contributed by atoms with Crippen LogP contribution >= 0.6 is 0 Å². The van der Waals surface area contributed by atoms with Crippen molar-refractivity contribution < 1.29 is 0 Å². The van der Waals surface area contributed by atoms with Crippen molar-refractivity contribution >= 4 is 5.95 Å². The zero-order chi connectivity index (χ0) is 17.2. The molecule has 0 aliphatic carbocycles. The van der Waals surface area contributed by atoms with E-state index >= 15 is 0 Å². The van der Waals surface area contributed by atoms with Gasteiger partial charge in [-0.3, -0.25) is 4.57 Å². The molecule has 1 atom stereocenters. The van der Waals surface area contributed by atoms with E-state index in [0.717, 1.165) is 42.7 Å². The van der Waals surface area contributed by atoms with Crippen molar-refractivity contribution in [2.24, 2.45) is 0 Å². The quantitative estimate of drug-likeness (QED) is 0.730. The number of rotatable bonds is 4. The molecule has 25 heavy (non-hydrogen) atoms. The number of anilines is 1. The van der Waals surface area contributed by atoms with Gasteiger partial charge in [0.2, 0.25) is 5.95 Å². The number of hydrogen-bond donors (Lipinski definition) is 0. The normalized spacial score (nSPS) is 17.4. The molecule has 6 heteroatoms. The number of aromatic nitrogens is 5. The second-order valence-electron chi connectivity index (χ2n) is 6.63. The van der Waals surface area contributed by atoms with Crippen molar-refractivity contribution in [3.05, 3.63) is 60.6 Å². The average molecular weight is 334 g/mol. The van der Waals surface area contributed by atoms with Crippen molar-refractivity contribution in [3.8, 4) is 5.82 Å². The van der Waals surface area contributed by atoms with Gasteiger partial charge in [-0.15, -0.1) is 0 Å². The molecule has 1 saturated heterocycles. The van der Waals surface area contributed by atoms with Crippen molar-refractivity contribution in [1.29, 1.82) is 0 Å². The first kappa shape index (κ1) is 15.7. The summed E-state index contributed by atoms with van der Waals surface area (Å²) in [6.45, 7) is 5.26. The molecule has 0 radical (unpaired) electrons. The van der Waals surface area contributed by atoms with Gasteiger partial charge in [-0.1, -0.05) is 19.9 Å². The molecule has 1 aliphatic rings. The van der Waals surface area contributed by atoms with E-state index in [2.05, 4.69) is 50.4 Å². The Bertz CT molecular complexity index is 842. The second-order valence-corrected chi connectivity index (χ2v) is 6.63. The first-order valence-electron chi connectivity index (χ1n) is 8.78. The molecule has 0 N–H and O–H groups in total. The minimum atomic E-state index is 0.216. The van der Waals surface area contributed by atoms with Crippen LogP contribution in [0.3, 0.4) is 0 Å². The van der Waals surface area contributed by atoms with E-state index in [4.69, 9.17) is 4.98 Å². The van der Waals surface area contributed by atoms with Gasteiger partial charge in [0, 0.05) is 37.3 Å². The molecule has 4 rings (SSSR count). The van der Waals surface area contributed by atoms with Crippen LogP contribution in [0.2, 0.25) is 0 Å². The number of nitrogens with zero attached hydrogens (tertiary/aromatic N) is 6. The van der Waals surface area contributed by atoms with Gasteiger partial charge in [-0.05, 0) is 31.0 Å². The lowest BCUT2D eigenvalue weighted by Gasteiger charge is -2.24. The Labute approximate surface area is 147 Å². The fraction of sp³-hybridized carbons (Fsp3) is 0.368. The van der Waals surface area contributed by atoms with Crippen LogP contribution in [0.15, 0.2) is 49.1 Å². The van der Waals surface area contributed by atoms with E-state index in [0.29, 0.717) is 5.92 Å². The monoisotopic (exact) mass is 334 g/mol. The molecule has 0 spiro atoms. The molecule has 6 nitrogen and oxygen atoms in total. The van der Waals surface area contributed by atoms with Gasteiger partial charge in [-0.25, -0.2) is 19.9 Å². The van der Waals surface area contributed by atoms with Crippen molar-refractivity contribution in [1.82, 2.24) is 24.5 Å². The predicted molar refractivity (Wildman–Crippen MR) is 96.8 cm³/mol. The molecular weight excluding hydrogens is 312 g/mol. The van der Waals surface area contributed by atoms with Crippen LogP contribution < -0.4 is 4.90 Å². The summed E-state index contributed by atoms with van der Waals surface area (Å²) in [6, 6.07) is 8.27. The molecule has 0 bridgehead atoms. The van der Waals surface area contributed by atoms with Crippen LogP contribution in [0, 0.1) is 0 Å². The highest BCUT2D eigenvalue weighted by atomic mass is 15.3. The Morgan fingerprint density at radius 3 is 2.68 bits per heavy atom. The molecule has 0 saturated carbocycles. The second kappa shape index (κ2) is 6.63. The smallest absolute Gasteiger partial charge is 0.225 e. The van der Waals surface area contributed by atoms with Crippen molar-refractivity contribution in [3.63, 3.8) is 0 Å². The molecule has 128 valence electrons. The third-order valence-electron chi connectivity index (χ3n) is 4.59. The summed E-state index contributed by atoms with van der Waals surface area (Å²) in [5.41, 5.74) is 1.06. The molecule has 1 fully saturated rings. The lowest BCUT2D eigenvalue weighted by atomic mass is 10.1.